The van der Waals surface area contributed by atoms with Gasteiger partial charge >= 0.3 is 0 Å². The van der Waals surface area contributed by atoms with Crippen molar-refractivity contribution >= 4 is 57.6 Å². The molecule has 8 heteroatoms. The highest BCUT2D eigenvalue weighted by atomic mass is 35.5. The first-order valence-electron chi connectivity index (χ1n) is 6.08. The zero-order chi connectivity index (χ0) is 15.6. The monoisotopic (exact) mass is 345 g/mol. The molecule has 21 heavy (non-hydrogen) atoms. The molecule has 1 aliphatic rings. The van der Waals surface area contributed by atoms with E-state index in [0.717, 1.165) is 0 Å². The van der Waals surface area contributed by atoms with E-state index in [1.165, 1.54) is 16.7 Å². The van der Waals surface area contributed by atoms with Crippen LogP contribution in [0.1, 0.15) is 6.42 Å². The van der Waals surface area contributed by atoms with E-state index in [9.17, 15) is 9.59 Å². The van der Waals surface area contributed by atoms with E-state index >= 15 is 0 Å². The Bertz CT molecular complexity index is 621. The SMILES string of the molecule is CN=C1S[C@H](CC(=O)Nc2ccc(Cl)c(Cl)c2)C(=O)N1C. The lowest BCUT2D eigenvalue weighted by atomic mass is 10.2. The minimum Gasteiger partial charge on any atom is -0.326 e. The molecular formula is C13H13Cl2N3O2S. The summed E-state index contributed by atoms with van der Waals surface area (Å²) in [4.78, 5) is 29.4. The second kappa shape index (κ2) is 6.68. The van der Waals surface area contributed by atoms with Crippen molar-refractivity contribution < 1.29 is 9.59 Å². The number of hydrogen-bond donors (Lipinski definition) is 1. The summed E-state index contributed by atoms with van der Waals surface area (Å²) in [5.74, 6) is -0.380. The lowest BCUT2D eigenvalue weighted by molar-refractivity contribution is -0.127. The standard InChI is InChI=1S/C13H13Cl2N3O2S/c1-16-13-18(2)12(20)10(21-13)6-11(19)17-7-3-4-8(14)9(15)5-7/h3-5,10H,6H2,1-2H3,(H,17,19)/t10-/m1/s1. The molecule has 0 radical (unpaired) electrons. The number of amidine groups is 1. The largest absolute Gasteiger partial charge is 0.326 e. The fourth-order valence-electron chi connectivity index (χ4n) is 1.85. The number of aliphatic imine (C=N–C) groups is 1. The Kier molecular flexibility index (Phi) is 5.13. The molecule has 1 saturated heterocycles. The smallest absolute Gasteiger partial charge is 0.242 e. The van der Waals surface area contributed by atoms with Crippen LogP contribution < -0.4 is 5.32 Å². The molecule has 0 aliphatic carbocycles. The molecular weight excluding hydrogens is 333 g/mol. The summed E-state index contributed by atoms with van der Waals surface area (Å²) in [5, 5.41) is 3.65. The maximum Gasteiger partial charge on any atom is 0.242 e. The third kappa shape index (κ3) is 3.70. The van der Waals surface area contributed by atoms with E-state index in [-0.39, 0.29) is 18.2 Å². The summed E-state index contributed by atoms with van der Waals surface area (Å²) in [6.45, 7) is 0. The Morgan fingerprint density at radius 2 is 2.14 bits per heavy atom. The molecule has 2 amide bonds. The van der Waals surface area contributed by atoms with Crippen molar-refractivity contribution in [2.24, 2.45) is 4.99 Å². The maximum atomic E-state index is 12.0. The number of carbonyl (C=O) groups excluding carboxylic acids is 2. The first kappa shape index (κ1) is 16.1. The predicted molar refractivity (Wildman–Crippen MR) is 87.2 cm³/mol. The highest BCUT2D eigenvalue weighted by Gasteiger charge is 2.36. The van der Waals surface area contributed by atoms with Gasteiger partial charge in [0, 0.05) is 26.2 Å². The highest BCUT2D eigenvalue weighted by Crippen LogP contribution is 2.29. The van der Waals surface area contributed by atoms with Crippen LogP contribution in [0.25, 0.3) is 0 Å². The van der Waals surface area contributed by atoms with Crippen molar-refractivity contribution in [1.82, 2.24) is 4.90 Å². The van der Waals surface area contributed by atoms with Gasteiger partial charge in [-0.25, -0.2) is 0 Å². The van der Waals surface area contributed by atoms with Crippen LogP contribution >= 0.6 is 35.0 Å². The molecule has 0 aromatic heterocycles. The van der Waals surface area contributed by atoms with E-state index in [1.807, 2.05) is 0 Å². The maximum absolute atomic E-state index is 12.0. The van der Waals surface area contributed by atoms with Gasteiger partial charge in [0.05, 0.1) is 10.0 Å². The van der Waals surface area contributed by atoms with Gasteiger partial charge < -0.3 is 5.32 Å². The Labute approximate surface area is 136 Å². The van der Waals surface area contributed by atoms with Crippen LogP contribution in [0.5, 0.6) is 0 Å². The molecule has 5 nitrogen and oxygen atoms in total. The van der Waals surface area contributed by atoms with Crippen molar-refractivity contribution in [3.63, 3.8) is 0 Å². The van der Waals surface area contributed by atoms with Crippen molar-refractivity contribution in [2.45, 2.75) is 11.7 Å². The molecule has 0 spiro atoms. The van der Waals surface area contributed by atoms with Crippen LogP contribution in [0.3, 0.4) is 0 Å². The second-order valence-electron chi connectivity index (χ2n) is 4.39. The molecule has 2 rings (SSSR count). The van der Waals surface area contributed by atoms with Gasteiger partial charge in [-0.3, -0.25) is 19.5 Å². The first-order chi connectivity index (χ1) is 9.92. The number of thioether (sulfide) groups is 1. The molecule has 1 aromatic rings. The van der Waals surface area contributed by atoms with Crippen LogP contribution in [-0.2, 0) is 9.59 Å². The normalized spacial score (nSPS) is 20.2. The zero-order valence-electron chi connectivity index (χ0n) is 11.4. The Morgan fingerprint density at radius 3 is 2.71 bits per heavy atom. The minimum absolute atomic E-state index is 0.0765. The Hall–Kier alpha value is -1.24. The predicted octanol–water partition coefficient (Wildman–Crippen LogP) is 2.88. The summed E-state index contributed by atoms with van der Waals surface area (Å²) in [5.41, 5.74) is 0.544. The third-order valence-corrected chi connectivity index (χ3v) is 4.97. The average molecular weight is 346 g/mol. The van der Waals surface area contributed by atoms with E-state index in [1.54, 1.807) is 32.3 Å². The summed E-state index contributed by atoms with van der Waals surface area (Å²) >= 11 is 13.0. The molecule has 0 unspecified atom stereocenters. The number of nitrogens with zero attached hydrogens (tertiary/aromatic N) is 2. The van der Waals surface area contributed by atoms with Gasteiger partial charge in [-0.1, -0.05) is 35.0 Å². The fraction of sp³-hybridized carbons (Fsp3) is 0.308. The van der Waals surface area contributed by atoms with Gasteiger partial charge in [-0.2, -0.15) is 0 Å². The van der Waals surface area contributed by atoms with Crippen molar-refractivity contribution in [1.29, 1.82) is 0 Å². The number of hydrogen-bond acceptors (Lipinski definition) is 4. The van der Waals surface area contributed by atoms with Gasteiger partial charge in [0.2, 0.25) is 11.8 Å². The van der Waals surface area contributed by atoms with Gasteiger partial charge in [0.25, 0.3) is 0 Å². The fourth-order valence-corrected chi connectivity index (χ4v) is 3.25. The number of amides is 2. The molecule has 1 aliphatic heterocycles. The molecule has 112 valence electrons. The number of halogens is 2. The Balaban J connectivity index is 1.99. The minimum atomic E-state index is -0.448. The summed E-state index contributed by atoms with van der Waals surface area (Å²) < 4.78 is 0. The molecule has 1 aromatic carbocycles. The van der Waals surface area contributed by atoms with Gasteiger partial charge in [0.15, 0.2) is 5.17 Å². The van der Waals surface area contributed by atoms with Crippen LogP contribution in [0.4, 0.5) is 5.69 Å². The molecule has 1 heterocycles. The molecule has 1 fully saturated rings. The van der Waals surface area contributed by atoms with Crippen molar-refractivity contribution in [3.05, 3.63) is 28.2 Å². The number of nitrogens with one attached hydrogen (secondary N) is 1. The number of rotatable bonds is 3. The summed E-state index contributed by atoms with van der Waals surface area (Å²) in [7, 11) is 3.26. The van der Waals surface area contributed by atoms with Crippen LogP contribution in [-0.4, -0.2) is 41.2 Å². The highest BCUT2D eigenvalue weighted by molar-refractivity contribution is 8.15. The number of benzene rings is 1. The van der Waals surface area contributed by atoms with Gasteiger partial charge in [-0.15, -0.1) is 0 Å². The molecule has 0 saturated carbocycles. The molecule has 1 atom stereocenters. The van der Waals surface area contributed by atoms with Gasteiger partial charge in [0.1, 0.15) is 5.25 Å². The van der Waals surface area contributed by atoms with Crippen LogP contribution in [0.2, 0.25) is 10.0 Å². The second-order valence-corrected chi connectivity index (χ2v) is 6.38. The third-order valence-electron chi connectivity index (χ3n) is 2.91. The zero-order valence-corrected chi connectivity index (χ0v) is 13.7. The average Bonchev–Trinajstić information content (AvgIpc) is 2.70. The molecule has 1 N–H and O–H groups in total. The first-order valence-corrected chi connectivity index (χ1v) is 7.72. The summed E-state index contributed by atoms with van der Waals surface area (Å²) in [6.07, 6.45) is 0.0765. The lowest BCUT2D eigenvalue weighted by Gasteiger charge is -2.09. The topological polar surface area (TPSA) is 61.8 Å². The van der Waals surface area contributed by atoms with Crippen molar-refractivity contribution in [3.8, 4) is 0 Å². The molecule has 0 bridgehead atoms. The van der Waals surface area contributed by atoms with E-state index < -0.39 is 5.25 Å². The lowest BCUT2D eigenvalue weighted by Crippen LogP contribution is -2.30. The van der Waals surface area contributed by atoms with E-state index in [0.29, 0.717) is 20.9 Å². The van der Waals surface area contributed by atoms with E-state index in [2.05, 4.69) is 10.3 Å². The van der Waals surface area contributed by atoms with Gasteiger partial charge in [-0.05, 0) is 18.2 Å². The number of anilines is 1. The Morgan fingerprint density at radius 1 is 1.43 bits per heavy atom. The van der Waals surface area contributed by atoms with Crippen LogP contribution in [0.15, 0.2) is 23.2 Å². The summed E-state index contributed by atoms with van der Waals surface area (Å²) in [6, 6.07) is 4.82. The van der Waals surface area contributed by atoms with Crippen LogP contribution in [0, 0.1) is 0 Å². The number of carbonyl (C=O) groups is 2. The quantitative estimate of drug-likeness (QED) is 0.915. The van der Waals surface area contributed by atoms with E-state index in [4.69, 9.17) is 23.2 Å². The van der Waals surface area contributed by atoms with Crippen molar-refractivity contribution in [2.75, 3.05) is 19.4 Å².